The summed E-state index contributed by atoms with van der Waals surface area (Å²) < 4.78 is 22.5. The number of esters is 1. The summed E-state index contributed by atoms with van der Waals surface area (Å²) in [5.74, 6) is 0.0949. The first-order valence-corrected chi connectivity index (χ1v) is 13.8. The lowest BCUT2D eigenvalue weighted by molar-refractivity contribution is -0.155. The molecule has 1 N–H and O–H groups in total. The minimum Gasteiger partial charge on any atom is -0.486 e. The second-order valence-electron chi connectivity index (χ2n) is 11.8. The molecule has 1 amide bonds. The summed E-state index contributed by atoms with van der Waals surface area (Å²) in [4.78, 5) is 24.3. The minimum absolute atomic E-state index is 0.0473. The fraction of sp³-hybridized carbons (Fsp3) is 0.667. The van der Waals surface area contributed by atoms with Crippen LogP contribution in [0.15, 0.2) is 48.3 Å². The number of nitrogens with one attached hydrogen (secondary N) is 1. The van der Waals surface area contributed by atoms with Crippen LogP contribution < -0.4 is 5.32 Å². The van der Waals surface area contributed by atoms with Gasteiger partial charge in [-0.05, 0) is 77.9 Å². The van der Waals surface area contributed by atoms with E-state index in [1.165, 1.54) is 17.9 Å². The molecule has 1 spiro atoms. The predicted octanol–water partition coefficient (Wildman–Crippen LogP) is 5.07. The Labute approximate surface area is 221 Å². The highest BCUT2D eigenvalue weighted by Gasteiger charge is 2.53. The van der Waals surface area contributed by atoms with Crippen LogP contribution in [-0.4, -0.2) is 54.0 Å². The van der Waals surface area contributed by atoms with E-state index in [9.17, 15) is 9.59 Å². The summed E-state index contributed by atoms with van der Waals surface area (Å²) in [7, 11) is 0. The quantitative estimate of drug-likeness (QED) is 0.200. The summed E-state index contributed by atoms with van der Waals surface area (Å²) >= 11 is 0. The summed E-state index contributed by atoms with van der Waals surface area (Å²) in [6, 6.07) is 0.193. The molecule has 7 nitrogen and oxygen atoms in total. The van der Waals surface area contributed by atoms with Gasteiger partial charge in [0.05, 0.1) is 30.2 Å². The van der Waals surface area contributed by atoms with E-state index in [1.54, 1.807) is 19.1 Å². The molecule has 4 aliphatic rings. The van der Waals surface area contributed by atoms with E-state index < -0.39 is 18.2 Å². The standard InChI is InChI=1S/C30H43NO6/c1-21(8-15-25-18-30(20-35-30)19-29(3,4)37-25)7-10-23-11-13-24(14-12-23)31-27(32)16-9-22(2)36-28(33)26-6-5-17-34-26/h5,7-9,15-17,22-26H,6,10-14,18-20H2,1-4H3,(H,31,32)/b15-8+,16-9-,21-7+/t22-,23-,24+,25+,26?,30+/m0/s1. The van der Waals surface area contributed by atoms with Crippen molar-refractivity contribution in [2.24, 2.45) is 5.92 Å². The van der Waals surface area contributed by atoms with Gasteiger partial charge in [-0.1, -0.05) is 23.8 Å². The number of allylic oxidation sites excluding steroid dienone is 3. The van der Waals surface area contributed by atoms with Gasteiger partial charge < -0.3 is 24.3 Å². The average molecular weight is 514 g/mol. The zero-order chi connectivity index (χ0) is 26.5. The van der Waals surface area contributed by atoms with Gasteiger partial charge in [0.25, 0.3) is 0 Å². The van der Waals surface area contributed by atoms with Crippen molar-refractivity contribution in [1.82, 2.24) is 5.32 Å². The SMILES string of the molecule is CC(/C=C/[C@@H]1C[C@]2(CO2)CC(C)(C)O1)=C\C[C@H]1CC[C@@H](NC(=O)/C=C\[C@H](C)OC(=O)C2CC=CO2)CC1. The van der Waals surface area contributed by atoms with Gasteiger partial charge in [0.2, 0.25) is 5.91 Å². The Balaban J connectivity index is 1.12. The van der Waals surface area contributed by atoms with Crippen LogP contribution in [0, 0.1) is 5.92 Å². The summed E-state index contributed by atoms with van der Waals surface area (Å²) in [5.41, 5.74) is 1.17. The van der Waals surface area contributed by atoms with Gasteiger partial charge in [0.15, 0.2) is 6.10 Å². The fourth-order valence-corrected chi connectivity index (χ4v) is 5.67. The molecule has 3 aliphatic heterocycles. The molecular formula is C30H43NO6. The third-order valence-electron chi connectivity index (χ3n) is 7.66. The first-order valence-electron chi connectivity index (χ1n) is 13.8. The number of hydrogen-bond donors (Lipinski definition) is 1. The third-order valence-corrected chi connectivity index (χ3v) is 7.66. The Morgan fingerprint density at radius 2 is 1.95 bits per heavy atom. The Morgan fingerprint density at radius 1 is 1.19 bits per heavy atom. The Kier molecular flexibility index (Phi) is 8.96. The van der Waals surface area contributed by atoms with E-state index in [1.807, 2.05) is 0 Å². The van der Waals surface area contributed by atoms with Crippen LogP contribution in [0.1, 0.15) is 79.1 Å². The Hall–Kier alpha value is -2.38. The van der Waals surface area contributed by atoms with Crippen molar-refractivity contribution in [1.29, 1.82) is 0 Å². The van der Waals surface area contributed by atoms with E-state index in [2.05, 4.69) is 44.3 Å². The Bertz CT molecular complexity index is 922. The molecule has 3 heterocycles. The predicted molar refractivity (Wildman–Crippen MR) is 142 cm³/mol. The molecule has 2 saturated heterocycles. The van der Waals surface area contributed by atoms with Crippen molar-refractivity contribution in [3.63, 3.8) is 0 Å². The maximum Gasteiger partial charge on any atom is 0.348 e. The number of amides is 1. The molecule has 4 atom stereocenters. The van der Waals surface area contributed by atoms with Gasteiger partial charge in [-0.3, -0.25) is 4.79 Å². The van der Waals surface area contributed by atoms with E-state index in [0.717, 1.165) is 51.6 Å². The first-order chi connectivity index (χ1) is 17.6. The first kappa shape index (κ1) is 27.6. The molecule has 4 rings (SSSR count). The normalized spacial score (nSPS) is 34.0. The number of hydrogen-bond acceptors (Lipinski definition) is 6. The van der Waals surface area contributed by atoms with Gasteiger partial charge in [0.1, 0.15) is 6.10 Å². The van der Waals surface area contributed by atoms with E-state index in [4.69, 9.17) is 18.9 Å². The average Bonchev–Trinajstić information content (AvgIpc) is 3.33. The number of carbonyl (C=O) groups is 2. The molecule has 1 unspecified atom stereocenters. The molecule has 0 aromatic carbocycles. The number of ether oxygens (including phenoxy) is 4. The van der Waals surface area contributed by atoms with Crippen LogP contribution in [-0.2, 0) is 28.5 Å². The summed E-state index contributed by atoms with van der Waals surface area (Å²) in [5, 5.41) is 3.09. The molecule has 7 heteroatoms. The molecule has 3 fully saturated rings. The highest BCUT2D eigenvalue weighted by molar-refractivity contribution is 5.87. The van der Waals surface area contributed by atoms with Crippen molar-refractivity contribution >= 4 is 11.9 Å². The third kappa shape index (κ3) is 8.57. The van der Waals surface area contributed by atoms with E-state index >= 15 is 0 Å². The number of epoxide rings is 1. The minimum atomic E-state index is -0.571. The maximum atomic E-state index is 12.3. The smallest absolute Gasteiger partial charge is 0.348 e. The van der Waals surface area contributed by atoms with Crippen LogP contribution in [0.2, 0.25) is 0 Å². The molecular weight excluding hydrogens is 470 g/mol. The fourth-order valence-electron chi connectivity index (χ4n) is 5.67. The highest BCUT2D eigenvalue weighted by atomic mass is 16.6. The molecule has 37 heavy (non-hydrogen) atoms. The highest BCUT2D eigenvalue weighted by Crippen LogP contribution is 2.46. The topological polar surface area (TPSA) is 86.4 Å². The molecule has 0 bridgehead atoms. The summed E-state index contributed by atoms with van der Waals surface area (Å²) in [6.45, 7) is 9.05. The summed E-state index contributed by atoms with van der Waals surface area (Å²) in [6.07, 6.45) is 19.8. The van der Waals surface area contributed by atoms with Gasteiger partial charge in [-0.25, -0.2) is 4.79 Å². The second-order valence-corrected chi connectivity index (χ2v) is 11.8. The van der Waals surface area contributed by atoms with Crippen molar-refractivity contribution in [3.05, 3.63) is 48.3 Å². The molecule has 0 aromatic rings. The van der Waals surface area contributed by atoms with Gasteiger partial charge in [0, 0.05) is 31.4 Å². The lowest BCUT2D eigenvalue weighted by atomic mass is 9.83. The maximum absolute atomic E-state index is 12.3. The number of carbonyl (C=O) groups excluding carboxylic acids is 2. The van der Waals surface area contributed by atoms with Crippen LogP contribution in [0.4, 0.5) is 0 Å². The van der Waals surface area contributed by atoms with Crippen LogP contribution in [0.3, 0.4) is 0 Å². The monoisotopic (exact) mass is 513 g/mol. The van der Waals surface area contributed by atoms with Crippen molar-refractivity contribution in [2.45, 2.75) is 115 Å². The Morgan fingerprint density at radius 3 is 2.62 bits per heavy atom. The van der Waals surface area contributed by atoms with Gasteiger partial charge >= 0.3 is 5.97 Å². The van der Waals surface area contributed by atoms with Gasteiger partial charge in [-0.15, -0.1) is 0 Å². The van der Waals surface area contributed by atoms with Crippen molar-refractivity contribution in [3.8, 4) is 0 Å². The molecule has 0 radical (unpaired) electrons. The van der Waals surface area contributed by atoms with Gasteiger partial charge in [-0.2, -0.15) is 0 Å². The molecule has 0 aromatic heterocycles. The van der Waals surface area contributed by atoms with Crippen LogP contribution in [0.5, 0.6) is 0 Å². The van der Waals surface area contributed by atoms with Crippen molar-refractivity contribution < 1.29 is 28.5 Å². The molecule has 1 aliphatic carbocycles. The largest absolute Gasteiger partial charge is 0.486 e. The van der Waals surface area contributed by atoms with E-state index in [-0.39, 0.29) is 29.3 Å². The van der Waals surface area contributed by atoms with Crippen LogP contribution in [0.25, 0.3) is 0 Å². The lowest BCUT2D eigenvalue weighted by Gasteiger charge is -2.38. The zero-order valence-corrected chi connectivity index (χ0v) is 22.7. The number of rotatable bonds is 9. The van der Waals surface area contributed by atoms with E-state index in [0.29, 0.717) is 12.3 Å². The molecule has 1 saturated carbocycles. The van der Waals surface area contributed by atoms with Crippen molar-refractivity contribution in [2.75, 3.05) is 6.61 Å². The molecule has 204 valence electrons. The second kappa shape index (κ2) is 12.0. The van der Waals surface area contributed by atoms with Crippen LogP contribution >= 0.6 is 0 Å². The zero-order valence-electron chi connectivity index (χ0n) is 22.7. The lowest BCUT2D eigenvalue weighted by Crippen LogP contribution is -2.43.